The van der Waals surface area contributed by atoms with Crippen LogP contribution in [0.5, 0.6) is 0 Å². The smallest absolute Gasteiger partial charge is 0.270 e. The Morgan fingerprint density at radius 3 is 2.48 bits per heavy atom. The lowest BCUT2D eigenvalue weighted by atomic mass is 9.90. The van der Waals surface area contributed by atoms with Crippen LogP contribution in [0.4, 0.5) is 5.82 Å². The van der Waals surface area contributed by atoms with Crippen LogP contribution in [0.15, 0.2) is 40.0 Å². The number of piperidine rings is 1. The van der Waals surface area contributed by atoms with Crippen molar-refractivity contribution < 1.29 is 13.2 Å². The molecule has 3 aliphatic heterocycles. The number of amides is 1. The number of thiocarbonyl (C=S) groups is 1. The van der Waals surface area contributed by atoms with E-state index in [4.69, 9.17) is 12.2 Å². The number of rotatable bonds is 8. The molecule has 11 heteroatoms. The topological polar surface area (TPSA) is 103 Å². The van der Waals surface area contributed by atoms with E-state index in [0.717, 1.165) is 62.8 Å². The van der Waals surface area contributed by atoms with Gasteiger partial charge in [0.15, 0.2) is 9.84 Å². The number of aromatic nitrogens is 1. The monoisotopic (exact) mass is 624 g/mol. The van der Waals surface area contributed by atoms with E-state index in [-0.39, 0.29) is 28.5 Å². The molecule has 2 aromatic rings. The summed E-state index contributed by atoms with van der Waals surface area (Å²) in [6, 6.07) is 12.1. The number of pyridine rings is 1. The number of carbonyl (C=O) groups is 1. The molecule has 3 aliphatic rings. The van der Waals surface area contributed by atoms with Crippen LogP contribution in [0, 0.1) is 24.2 Å². The first-order valence-corrected chi connectivity index (χ1v) is 17.6. The Hall–Kier alpha value is -2.94. The van der Waals surface area contributed by atoms with Crippen molar-refractivity contribution in [1.82, 2.24) is 9.47 Å². The van der Waals surface area contributed by atoms with E-state index in [1.807, 2.05) is 6.07 Å². The van der Waals surface area contributed by atoms with E-state index in [1.165, 1.54) is 10.5 Å². The van der Waals surface area contributed by atoms with Gasteiger partial charge in [-0.2, -0.15) is 5.26 Å². The van der Waals surface area contributed by atoms with Gasteiger partial charge in [-0.05, 0) is 62.1 Å². The summed E-state index contributed by atoms with van der Waals surface area (Å²) in [7, 11) is -3.20. The molecule has 42 heavy (non-hydrogen) atoms. The second-order valence-corrected chi connectivity index (χ2v) is 15.3. The van der Waals surface area contributed by atoms with E-state index >= 15 is 0 Å². The number of carbonyl (C=O) groups excluding carboxylic acids is 1. The number of nitrogens with zero attached hydrogens (tertiary/aromatic N) is 4. The van der Waals surface area contributed by atoms with Gasteiger partial charge in [0.1, 0.15) is 21.8 Å². The van der Waals surface area contributed by atoms with Crippen LogP contribution in [0.25, 0.3) is 6.08 Å². The van der Waals surface area contributed by atoms with Gasteiger partial charge in [-0.1, -0.05) is 67.7 Å². The normalized spacial score (nSPS) is 21.8. The number of thioether (sulfide) groups is 1. The number of nitriles is 1. The van der Waals surface area contributed by atoms with Crippen molar-refractivity contribution >= 4 is 55.9 Å². The fourth-order valence-corrected chi connectivity index (χ4v) is 9.29. The van der Waals surface area contributed by atoms with Crippen molar-refractivity contribution in [1.29, 1.82) is 5.26 Å². The van der Waals surface area contributed by atoms with Gasteiger partial charge in [-0.3, -0.25) is 19.1 Å². The molecule has 1 atom stereocenters. The second kappa shape index (κ2) is 12.7. The zero-order valence-electron chi connectivity index (χ0n) is 24.0. The van der Waals surface area contributed by atoms with Crippen LogP contribution in [0.3, 0.4) is 0 Å². The highest BCUT2D eigenvalue weighted by Gasteiger charge is 2.42. The van der Waals surface area contributed by atoms with Gasteiger partial charge in [-0.15, -0.1) is 0 Å². The van der Waals surface area contributed by atoms with Crippen LogP contribution in [0.2, 0.25) is 0 Å². The molecule has 5 rings (SSSR count). The number of benzene rings is 1. The highest BCUT2D eigenvalue weighted by atomic mass is 32.2. The van der Waals surface area contributed by atoms with Crippen molar-refractivity contribution in [2.24, 2.45) is 5.92 Å². The number of hydrogen-bond acceptors (Lipinski definition) is 8. The minimum absolute atomic E-state index is 0.0468. The lowest BCUT2D eigenvalue weighted by Gasteiger charge is -2.36. The van der Waals surface area contributed by atoms with Crippen molar-refractivity contribution in [3.8, 4) is 6.07 Å². The zero-order valence-corrected chi connectivity index (χ0v) is 26.5. The van der Waals surface area contributed by atoms with Gasteiger partial charge < -0.3 is 4.90 Å². The number of unbranched alkanes of at least 4 members (excludes halogenated alkanes) is 1. The summed E-state index contributed by atoms with van der Waals surface area (Å²) in [5, 5.41) is 9.98. The molecule has 0 radical (unpaired) electrons. The Morgan fingerprint density at radius 2 is 1.86 bits per heavy atom. The predicted octanol–water partition coefficient (Wildman–Crippen LogP) is 4.68. The summed E-state index contributed by atoms with van der Waals surface area (Å²) >= 11 is 6.70. The van der Waals surface area contributed by atoms with Crippen LogP contribution in [-0.2, 0) is 27.6 Å². The molecule has 3 saturated heterocycles. The van der Waals surface area contributed by atoms with Crippen LogP contribution in [-0.4, -0.2) is 58.7 Å². The summed E-state index contributed by atoms with van der Waals surface area (Å²) in [5.74, 6) is 0.919. The standard InChI is InChI=1S/C31H36N4O4S3/c1-3-4-13-34-28(33-14-10-23(11-15-33)17-22-8-6-5-7-9-22)25(21(2)26(19-32)29(34)36)18-27-30(37)35(31(40)41-27)24-12-16-42(38,39)20-24/h5-9,18,23-24H,3-4,10-17,20H2,1-2H3. The van der Waals surface area contributed by atoms with E-state index in [0.29, 0.717) is 39.2 Å². The first-order chi connectivity index (χ1) is 20.1. The van der Waals surface area contributed by atoms with Gasteiger partial charge in [0.25, 0.3) is 11.5 Å². The molecule has 0 bridgehead atoms. The maximum atomic E-state index is 13.6. The Morgan fingerprint density at radius 1 is 1.14 bits per heavy atom. The maximum absolute atomic E-state index is 13.6. The van der Waals surface area contributed by atoms with Crippen molar-refractivity contribution in [2.45, 2.75) is 65.0 Å². The molecule has 0 saturated carbocycles. The first-order valence-electron chi connectivity index (χ1n) is 14.6. The molecule has 222 valence electrons. The zero-order chi connectivity index (χ0) is 30.0. The molecule has 3 fully saturated rings. The van der Waals surface area contributed by atoms with E-state index < -0.39 is 15.9 Å². The van der Waals surface area contributed by atoms with Crippen molar-refractivity contribution in [3.63, 3.8) is 0 Å². The Kier molecular flexibility index (Phi) is 9.26. The molecule has 1 amide bonds. The summed E-state index contributed by atoms with van der Waals surface area (Å²) < 4.78 is 26.3. The average molecular weight is 625 g/mol. The van der Waals surface area contributed by atoms with Crippen molar-refractivity contribution in [3.05, 3.63) is 67.8 Å². The molecule has 0 aliphatic carbocycles. The van der Waals surface area contributed by atoms with Gasteiger partial charge in [0.05, 0.1) is 22.5 Å². The highest BCUT2D eigenvalue weighted by molar-refractivity contribution is 8.26. The van der Waals surface area contributed by atoms with E-state index in [1.54, 1.807) is 17.6 Å². The number of hydrogen-bond donors (Lipinski definition) is 0. The fourth-order valence-electron chi connectivity index (χ4n) is 6.21. The molecular weight excluding hydrogens is 589 g/mol. The summed E-state index contributed by atoms with van der Waals surface area (Å²) in [6.07, 6.45) is 6.75. The molecule has 1 aromatic heterocycles. The van der Waals surface area contributed by atoms with Gasteiger partial charge in [0.2, 0.25) is 0 Å². The van der Waals surface area contributed by atoms with Gasteiger partial charge in [0, 0.05) is 25.2 Å². The van der Waals surface area contributed by atoms with Crippen LogP contribution >= 0.6 is 24.0 Å². The number of anilines is 1. The fraction of sp³-hybridized carbons (Fsp3) is 0.484. The average Bonchev–Trinajstić information content (AvgIpc) is 3.46. The third-order valence-electron chi connectivity index (χ3n) is 8.54. The number of sulfone groups is 1. The Balaban J connectivity index is 1.52. The SMILES string of the molecule is CCCCn1c(N2CCC(Cc3ccccc3)CC2)c(C=C2SC(=S)N(C3CCS(=O)(=O)C3)C2=O)c(C)c(C#N)c1=O. The third-order valence-corrected chi connectivity index (χ3v) is 11.6. The Bertz CT molecular complexity index is 1620. The molecule has 0 spiro atoms. The molecule has 0 N–H and O–H groups in total. The molecule has 4 heterocycles. The minimum atomic E-state index is -3.20. The molecule has 8 nitrogen and oxygen atoms in total. The molecular formula is C31H36N4O4S3. The lowest BCUT2D eigenvalue weighted by molar-refractivity contribution is -0.123. The van der Waals surface area contributed by atoms with Crippen LogP contribution in [0.1, 0.15) is 61.3 Å². The largest absolute Gasteiger partial charge is 0.357 e. The van der Waals surface area contributed by atoms with Gasteiger partial charge in [-0.25, -0.2) is 8.42 Å². The third kappa shape index (κ3) is 6.21. The lowest BCUT2D eigenvalue weighted by Crippen LogP contribution is -2.40. The van der Waals surface area contributed by atoms with Gasteiger partial charge >= 0.3 is 0 Å². The summed E-state index contributed by atoms with van der Waals surface area (Å²) in [5.41, 5.74) is 2.33. The molecule has 1 aromatic carbocycles. The van der Waals surface area contributed by atoms with E-state index in [2.05, 4.69) is 42.2 Å². The summed E-state index contributed by atoms with van der Waals surface area (Å²) in [6.45, 7) is 5.83. The van der Waals surface area contributed by atoms with Crippen molar-refractivity contribution in [2.75, 3.05) is 29.5 Å². The minimum Gasteiger partial charge on any atom is -0.357 e. The Labute approximate surface area is 257 Å². The quantitative estimate of drug-likeness (QED) is 0.308. The first kappa shape index (κ1) is 30.5. The summed E-state index contributed by atoms with van der Waals surface area (Å²) in [4.78, 5) is 31.3. The second-order valence-electron chi connectivity index (χ2n) is 11.4. The van der Waals surface area contributed by atoms with E-state index in [9.17, 15) is 23.3 Å². The predicted molar refractivity (Wildman–Crippen MR) is 172 cm³/mol. The molecule has 1 unspecified atom stereocenters. The van der Waals surface area contributed by atoms with Crippen LogP contribution < -0.4 is 10.5 Å². The maximum Gasteiger partial charge on any atom is 0.270 e. The highest BCUT2D eigenvalue weighted by Crippen LogP contribution is 2.39.